The van der Waals surface area contributed by atoms with Gasteiger partial charge in [0.2, 0.25) is 0 Å². The summed E-state index contributed by atoms with van der Waals surface area (Å²) in [5, 5.41) is 0. The third-order valence-corrected chi connectivity index (χ3v) is 5.37. The van der Waals surface area contributed by atoms with Crippen molar-refractivity contribution in [1.82, 2.24) is 4.90 Å². The number of rotatable bonds is 4. The average Bonchev–Trinajstić information content (AvgIpc) is 2.41. The fourth-order valence-corrected chi connectivity index (χ4v) is 3.59. The number of hydrogen-bond acceptors (Lipinski definition) is 2. The summed E-state index contributed by atoms with van der Waals surface area (Å²) < 4.78 is 0. The molecule has 0 aromatic carbocycles. The molecule has 1 saturated heterocycles. The molecule has 0 amide bonds. The Hall–Kier alpha value is -0.370. The van der Waals surface area contributed by atoms with Crippen LogP contribution in [0.5, 0.6) is 0 Å². The molecule has 2 nitrogen and oxygen atoms in total. The predicted octanol–water partition coefficient (Wildman–Crippen LogP) is 3.65. The molecule has 2 fully saturated rings. The summed E-state index contributed by atoms with van der Waals surface area (Å²) in [6.45, 7) is 7.18. The Balaban J connectivity index is 1.78. The van der Waals surface area contributed by atoms with Gasteiger partial charge in [-0.15, -0.1) is 0 Å². The second-order valence-corrected chi connectivity index (χ2v) is 6.61. The van der Waals surface area contributed by atoms with Gasteiger partial charge >= 0.3 is 0 Å². The molecule has 0 aromatic rings. The molecular formula is C16H29NO. The minimum absolute atomic E-state index is 0.246. The molecule has 1 aliphatic heterocycles. The van der Waals surface area contributed by atoms with Crippen molar-refractivity contribution in [2.24, 2.45) is 11.3 Å². The number of likely N-dealkylation sites (tertiary alicyclic amines) is 1. The van der Waals surface area contributed by atoms with Crippen LogP contribution in [0, 0.1) is 11.3 Å². The van der Waals surface area contributed by atoms with Crippen molar-refractivity contribution >= 4 is 5.78 Å². The molecule has 1 unspecified atom stereocenters. The average molecular weight is 251 g/mol. The minimum atomic E-state index is 0.246. The van der Waals surface area contributed by atoms with Gasteiger partial charge in [-0.05, 0) is 50.6 Å². The molecule has 1 heterocycles. The van der Waals surface area contributed by atoms with Crippen LogP contribution in [0.15, 0.2) is 0 Å². The fraction of sp³-hybridized carbons (Fsp3) is 0.938. The molecule has 2 heteroatoms. The van der Waals surface area contributed by atoms with Crippen molar-refractivity contribution in [2.45, 2.75) is 65.2 Å². The smallest absolute Gasteiger partial charge is 0.149 e. The van der Waals surface area contributed by atoms with Gasteiger partial charge in [-0.1, -0.05) is 33.1 Å². The van der Waals surface area contributed by atoms with Crippen LogP contribution in [0.25, 0.3) is 0 Å². The minimum Gasteiger partial charge on any atom is -0.298 e. The quantitative estimate of drug-likeness (QED) is 0.760. The predicted molar refractivity (Wildman–Crippen MR) is 75.7 cm³/mol. The van der Waals surface area contributed by atoms with E-state index in [-0.39, 0.29) is 5.92 Å². The topological polar surface area (TPSA) is 20.3 Å². The van der Waals surface area contributed by atoms with Gasteiger partial charge in [0.05, 0.1) is 6.54 Å². The van der Waals surface area contributed by atoms with Crippen molar-refractivity contribution in [3.05, 3.63) is 0 Å². The number of ketones is 1. The van der Waals surface area contributed by atoms with Crippen LogP contribution in [0.3, 0.4) is 0 Å². The molecule has 0 bridgehead atoms. The van der Waals surface area contributed by atoms with Gasteiger partial charge in [-0.3, -0.25) is 9.69 Å². The van der Waals surface area contributed by atoms with Gasteiger partial charge in [-0.2, -0.15) is 0 Å². The highest BCUT2D eigenvalue weighted by Gasteiger charge is 2.35. The van der Waals surface area contributed by atoms with E-state index in [0.717, 1.165) is 19.5 Å². The first-order valence-electron chi connectivity index (χ1n) is 7.90. The van der Waals surface area contributed by atoms with E-state index in [9.17, 15) is 4.79 Å². The van der Waals surface area contributed by atoms with E-state index in [1.54, 1.807) is 0 Å². The first-order chi connectivity index (χ1) is 8.65. The van der Waals surface area contributed by atoms with E-state index in [0.29, 0.717) is 17.7 Å². The summed E-state index contributed by atoms with van der Waals surface area (Å²) in [6.07, 6.45) is 10.9. The Morgan fingerprint density at radius 1 is 1.11 bits per heavy atom. The second kappa shape index (κ2) is 6.18. The lowest BCUT2D eigenvalue weighted by Gasteiger charge is -2.44. The van der Waals surface area contributed by atoms with Crippen molar-refractivity contribution in [1.29, 1.82) is 0 Å². The van der Waals surface area contributed by atoms with Gasteiger partial charge in [0.15, 0.2) is 0 Å². The lowest BCUT2D eigenvalue weighted by Crippen LogP contribution is -2.43. The Bertz CT molecular complexity index is 271. The lowest BCUT2D eigenvalue weighted by atomic mass is 9.68. The molecule has 2 aliphatic rings. The van der Waals surface area contributed by atoms with Crippen molar-refractivity contribution in [3.8, 4) is 0 Å². The molecule has 0 radical (unpaired) electrons. The third kappa shape index (κ3) is 3.34. The molecular weight excluding hydrogens is 222 g/mol. The van der Waals surface area contributed by atoms with E-state index >= 15 is 0 Å². The Morgan fingerprint density at radius 3 is 2.28 bits per heavy atom. The van der Waals surface area contributed by atoms with Crippen molar-refractivity contribution < 1.29 is 4.79 Å². The summed E-state index contributed by atoms with van der Waals surface area (Å²) in [5.41, 5.74) is 0.661. The van der Waals surface area contributed by atoms with Gasteiger partial charge in [-0.25, -0.2) is 0 Å². The van der Waals surface area contributed by atoms with Crippen LogP contribution in [-0.4, -0.2) is 30.3 Å². The summed E-state index contributed by atoms with van der Waals surface area (Å²) in [5.74, 6) is 0.688. The highest BCUT2D eigenvalue weighted by atomic mass is 16.1. The first-order valence-corrected chi connectivity index (χ1v) is 7.90. The molecule has 18 heavy (non-hydrogen) atoms. The Kier molecular flexibility index (Phi) is 4.83. The fourth-order valence-electron chi connectivity index (χ4n) is 3.59. The van der Waals surface area contributed by atoms with Crippen molar-refractivity contribution in [2.75, 3.05) is 19.6 Å². The summed E-state index contributed by atoms with van der Waals surface area (Å²) in [7, 11) is 0. The van der Waals surface area contributed by atoms with Gasteiger partial charge in [0.25, 0.3) is 0 Å². The Morgan fingerprint density at radius 2 is 1.72 bits per heavy atom. The second-order valence-electron chi connectivity index (χ2n) is 6.61. The molecule has 1 saturated carbocycles. The molecule has 104 valence electrons. The van der Waals surface area contributed by atoms with Gasteiger partial charge < -0.3 is 0 Å². The summed E-state index contributed by atoms with van der Waals surface area (Å²) in [4.78, 5) is 14.4. The number of carbonyl (C=O) groups excluding carboxylic acids is 1. The van der Waals surface area contributed by atoms with E-state index in [1.165, 1.54) is 44.9 Å². The van der Waals surface area contributed by atoms with Crippen LogP contribution in [-0.2, 0) is 4.79 Å². The van der Waals surface area contributed by atoms with Crippen molar-refractivity contribution in [3.63, 3.8) is 0 Å². The molecule has 2 rings (SSSR count). The van der Waals surface area contributed by atoms with E-state index < -0.39 is 0 Å². The van der Waals surface area contributed by atoms with Gasteiger partial charge in [0, 0.05) is 5.92 Å². The van der Waals surface area contributed by atoms with Crippen LogP contribution < -0.4 is 0 Å². The largest absolute Gasteiger partial charge is 0.298 e. The maximum atomic E-state index is 12.0. The molecule has 1 aliphatic carbocycles. The van der Waals surface area contributed by atoms with Gasteiger partial charge in [0.1, 0.15) is 5.78 Å². The third-order valence-electron chi connectivity index (χ3n) is 5.37. The zero-order chi connectivity index (χ0) is 13.0. The lowest BCUT2D eigenvalue weighted by molar-refractivity contribution is -0.124. The monoisotopic (exact) mass is 251 g/mol. The van der Waals surface area contributed by atoms with E-state index in [2.05, 4.69) is 18.7 Å². The normalized spacial score (nSPS) is 26.1. The molecule has 0 N–H and O–H groups in total. The molecule has 1 atom stereocenters. The zero-order valence-electron chi connectivity index (χ0n) is 12.2. The molecule has 1 spiro atoms. The summed E-state index contributed by atoms with van der Waals surface area (Å²) >= 11 is 0. The number of hydrogen-bond donors (Lipinski definition) is 0. The maximum Gasteiger partial charge on any atom is 0.149 e. The maximum absolute atomic E-state index is 12.0. The summed E-state index contributed by atoms with van der Waals surface area (Å²) in [6, 6.07) is 0. The highest BCUT2D eigenvalue weighted by Crippen LogP contribution is 2.44. The van der Waals surface area contributed by atoms with E-state index in [4.69, 9.17) is 0 Å². The van der Waals surface area contributed by atoms with E-state index in [1.807, 2.05) is 0 Å². The zero-order valence-corrected chi connectivity index (χ0v) is 12.2. The van der Waals surface area contributed by atoms with Crippen LogP contribution in [0.4, 0.5) is 0 Å². The number of carbonyl (C=O) groups is 1. The standard InChI is InChI=1S/C16H29NO/c1-3-14(2)15(18)13-17-11-9-16(10-12-17)7-5-4-6-8-16/h14H,3-13H2,1-2H3. The highest BCUT2D eigenvalue weighted by molar-refractivity contribution is 5.82. The number of piperidine rings is 1. The first kappa shape index (κ1) is 14.0. The Labute approximate surface area is 112 Å². The SMILES string of the molecule is CCC(C)C(=O)CN1CCC2(CCCCC2)CC1. The number of Topliss-reactive ketones (excluding diaryl/α,β-unsaturated/α-hetero) is 1. The van der Waals surface area contributed by atoms with Crippen LogP contribution in [0.1, 0.15) is 65.2 Å². The number of nitrogens with zero attached hydrogens (tertiary/aromatic N) is 1. The molecule has 0 aromatic heterocycles. The van der Waals surface area contributed by atoms with Crippen LogP contribution >= 0.6 is 0 Å². The van der Waals surface area contributed by atoms with Crippen LogP contribution in [0.2, 0.25) is 0 Å².